The van der Waals surface area contributed by atoms with E-state index in [0.717, 1.165) is 0 Å². The van der Waals surface area contributed by atoms with Gasteiger partial charge in [-0.3, -0.25) is 0 Å². The summed E-state index contributed by atoms with van der Waals surface area (Å²) in [6.07, 6.45) is -4.74. The van der Waals surface area contributed by atoms with Crippen molar-refractivity contribution in [2.75, 3.05) is 7.11 Å². The number of nitrogens with zero attached hydrogens (tertiary/aromatic N) is 1. The first-order valence-electron chi connectivity index (χ1n) is 5.87. The molecule has 0 atom stereocenters. The predicted octanol–water partition coefficient (Wildman–Crippen LogP) is 4.13. The molecule has 0 aliphatic carbocycles. The Kier molecular flexibility index (Phi) is 4.03. The molecule has 0 amide bonds. The van der Waals surface area contributed by atoms with Crippen molar-refractivity contribution in [1.29, 1.82) is 5.26 Å². The van der Waals surface area contributed by atoms with Crippen molar-refractivity contribution >= 4 is 0 Å². The summed E-state index contributed by atoms with van der Waals surface area (Å²) in [6, 6.07) is 12.2. The fourth-order valence-electron chi connectivity index (χ4n) is 1.86. The zero-order valence-electron chi connectivity index (χ0n) is 10.9. The number of halogens is 3. The molecule has 0 bridgehead atoms. The topological polar surface area (TPSA) is 42.2 Å². The van der Waals surface area contributed by atoms with Gasteiger partial charge < -0.3 is 9.47 Å². The minimum atomic E-state index is -4.74. The minimum Gasteiger partial charge on any atom is -0.496 e. The van der Waals surface area contributed by atoms with Gasteiger partial charge in [0.05, 0.1) is 18.7 Å². The average Bonchev–Trinajstić information content (AvgIpc) is 2.45. The molecular weight excluding hydrogens is 283 g/mol. The number of alkyl halides is 3. The lowest BCUT2D eigenvalue weighted by Crippen LogP contribution is -2.17. The molecule has 3 nitrogen and oxygen atoms in total. The van der Waals surface area contributed by atoms with Crippen LogP contribution in [0.25, 0.3) is 11.1 Å². The van der Waals surface area contributed by atoms with Gasteiger partial charge in [-0.2, -0.15) is 5.26 Å². The number of benzene rings is 2. The van der Waals surface area contributed by atoms with Crippen LogP contribution in [0.5, 0.6) is 11.5 Å². The molecule has 6 heteroatoms. The van der Waals surface area contributed by atoms with Crippen LogP contribution < -0.4 is 9.47 Å². The van der Waals surface area contributed by atoms with Gasteiger partial charge in [-0.25, -0.2) is 0 Å². The first kappa shape index (κ1) is 14.7. The highest BCUT2D eigenvalue weighted by Gasteiger charge is 2.31. The second kappa shape index (κ2) is 5.75. The Morgan fingerprint density at radius 2 is 1.86 bits per heavy atom. The van der Waals surface area contributed by atoms with Gasteiger partial charge in [-0.15, -0.1) is 13.2 Å². The van der Waals surface area contributed by atoms with E-state index in [9.17, 15) is 13.2 Å². The van der Waals surface area contributed by atoms with Gasteiger partial charge in [0, 0.05) is 5.56 Å². The molecule has 0 radical (unpaired) electrons. The van der Waals surface area contributed by atoms with E-state index >= 15 is 0 Å². The van der Waals surface area contributed by atoms with Gasteiger partial charge in [0.1, 0.15) is 11.5 Å². The number of methoxy groups -OCH3 is 1. The Hall–Kier alpha value is -2.68. The molecular formula is C15H10F3NO2. The molecule has 0 heterocycles. The van der Waals surface area contributed by atoms with E-state index in [2.05, 4.69) is 4.74 Å². The Morgan fingerprint density at radius 3 is 2.48 bits per heavy atom. The molecule has 0 spiro atoms. The highest BCUT2D eigenvalue weighted by molar-refractivity contribution is 5.72. The lowest BCUT2D eigenvalue weighted by atomic mass is 10.0. The van der Waals surface area contributed by atoms with Gasteiger partial charge in [0.25, 0.3) is 0 Å². The van der Waals surface area contributed by atoms with Gasteiger partial charge in [0.2, 0.25) is 0 Å². The monoisotopic (exact) mass is 293 g/mol. The average molecular weight is 293 g/mol. The largest absolute Gasteiger partial charge is 0.573 e. The molecule has 0 unspecified atom stereocenters. The van der Waals surface area contributed by atoms with Crippen LogP contribution in [0.3, 0.4) is 0 Å². The van der Waals surface area contributed by atoms with Crippen molar-refractivity contribution in [3.63, 3.8) is 0 Å². The molecule has 0 saturated heterocycles. The maximum atomic E-state index is 12.2. The predicted molar refractivity (Wildman–Crippen MR) is 69.8 cm³/mol. The number of nitriles is 1. The molecule has 0 saturated carbocycles. The summed E-state index contributed by atoms with van der Waals surface area (Å²) in [6.45, 7) is 0. The summed E-state index contributed by atoms with van der Waals surface area (Å²) in [5, 5.41) is 8.84. The molecule has 2 rings (SSSR count). The zero-order valence-corrected chi connectivity index (χ0v) is 10.9. The summed E-state index contributed by atoms with van der Waals surface area (Å²) in [5.74, 6) is 0.0876. The Morgan fingerprint density at radius 1 is 1.10 bits per heavy atom. The molecule has 0 N–H and O–H groups in total. The quantitative estimate of drug-likeness (QED) is 0.854. The molecule has 0 aliphatic heterocycles. The molecule has 0 aromatic heterocycles. The first-order valence-corrected chi connectivity index (χ1v) is 5.87. The molecule has 0 aliphatic rings. The van der Waals surface area contributed by atoms with E-state index in [4.69, 9.17) is 10.00 Å². The SMILES string of the molecule is COc1cc(C#N)ccc1-c1cccc(OC(F)(F)F)c1. The fraction of sp³-hybridized carbons (Fsp3) is 0.133. The summed E-state index contributed by atoms with van der Waals surface area (Å²) < 4.78 is 45.8. The summed E-state index contributed by atoms with van der Waals surface area (Å²) >= 11 is 0. The van der Waals surface area contributed by atoms with E-state index in [0.29, 0.717) is 22.4 Å². The van der Waals surface area contributed by atoms with Crippen molar-refractivity contribution in [3.8, 4) is 28.7 Å². The van der Waals surface area contributed by atoms with E-state index in [1.807, 2.05) is 6.07 Å². The van der Waals surface area contributed by atoms with Crippen LogP contribution in [-0.2, 0) is 0 Å². The van der Waals surface area contributed by atoms with E-state index < -0.39 is 6.36 Å². The van der Waals surface area contributed by atoms with Gasteiger partial charge in [0.15, 0.2) is 0 Å². The third-order valence-corrected chi connectivity index (χ3v) is 2.71. The summed E-state index contributed by atoms with van der Waals surface area (Å²) in [7, 11) is 1.43. The van der Waals surface area contributed by atoms with E-state index in [1.165, 1.54) is 31.4 Å². The summed E-state index contributed by atoms with van der Waals surface area (Å²) in [4.78, 5) is 0. The highest BCUT2D eigenvalue weighted by Crippen LogP contribution is 2.33. The van der Waals surface area contributed by atoms with Crippen LogP contribution in [0.2, 0.25) is 0 Å². The van der Waals surface area contributed by atoms with Crippen molar-refractivity contribution in [2.45, 2.75) is 6.36 Å². The van der Waals surface area contributed by atoms with Gasteiger partial charge in [-0.05, 0) is 35.9 Å². The molecule has 108 valence electrons. The van der Waals surface area contributed by atoms with Crippen molar-refractivity contribution in [1.82, 2.24) is 0 Å². The second-order valence-corrected chi connectivity index (χ2v) is 4.10. The molecule has 2 aromatic rings. The number of hydrogen-bond acceptors (Lipinski definition) is 3. The van der Waals surface area contributed by atoms with Crippen LogP contribution in [0.1, 0.15) is 5.56 Å². The standard InChI is InChI=1S/C15H10F3NO2/c1-20-14-7-10(9-19)5-6-13(14)11-3-2-4-12(8-11)21-15(16,17)18/h2-8H,1H3. The zero-order chi connectivity index (χ0) is 15.5. The van der Waals surface area contributed by atoms with Crippen LogP contribution in [0.15, 0.2) is 42.5 Å². The van der Waals surface area contributed by atoms with Crippen molar-refractivity contribution in [2.24, 2.45) is 0 Å². The first-order chi connectivity index (χ1) is 9.93. The van der Waals surface area contributed by atoms with Crippen LogP contribution in [0, 0.1) is 11.3 Å². The maximum absolute atomic E-state index is 12.2. The normalized spacial score (nSPS) is 10.8. The van der Waals surface area contributed by atoms with Gasteiger partial charge >= 0.3 is 6.36 Å². The van der Waals surface area contributed by atoms with E-state index in [-0.39, 0.29) is 5.75 Å². The van der Waals surface area contributed by atoms with Crippen molar-refractivity contribution in [3.05, 3.63) is 48.0 Å². The van der Waals surface area contributed by atoms with Crippen molar-refractivity contribution < 1.29 is 22.6 Å². The van der Waals surface area contributed by atoms with Crippen LogP contribution >= 0.6 is 0 Å². The lowest BCUT2D eigenvalue weighted by Gasteiger charge is -2.12. The smallest absolute Gasteiger partial charge is 0.496 e. The Labute approximate surface area is 119 Å². The molecule has 2 aromatic carbocycles. The Balaban J connectivity index is 2.43. The second-order valence-electron chi connectivity index (χ2n) is 4.10. The lowest BCUT2D eigenvalue weighted by molar-refractivity contribution is -0.274. The number of rotatable bonds is 3. The highest BCUT2D eigenvalue weighted by atomic mass is 19.4. The fourth-order valence-corrected chi connectivity index (χ4v) is 1.86. The molecule has 21 heavy (non-hydrogen) atoms. The Bertz CT molecular complexity index is 690. The minimum absolute atomic E-state index is 0.314. The third kappa shape index (κ3) is 3.66. The maximum Gasteiger partial charge on any atom is 0.573 e. The van der Waals surface area contributed by atoms with Gasteiger partial charge in [-0.1, -0.05) is 12.1 Å². The summed E-state index contributed by atoms with van der Waals surface area (Å²) in [5.41, 5.74) is 1.47. The van der Waals surface area contributed by atoms with Crippen LogP contribution in [-0.4, -0.2) is 13.5 Å². The number of hydrogen-bond donors (Lipinski definition) is 0. The van der Waals surface area contributed by atoms with E-state index in [1.54, 1.807) is 18.2 Å². The molecule has 0 fully saturated rings. The van der Waals surface area contributed by atoms with Crippen LogP contribution in [0.4, 0.5) is 13.2 Å². The third-order valence-electron chi connectivity index (χ3n) is 2.71. The number of ether oxygens (including phenoxy) is 2.